The van der Waals surface area contributed by atoms with Gasteiger partial charge in [0.1, 0.15) is 17.0 Å². The van der Waals surface area contributed by atoms with Gasteiger partial charge in [-0.3, -0.25) is 9.69 Å². The van der Waals surface area contributed by atoms with Crippen molar-refractivity contribution in [3.05, 3.63) is 41.5 Å². The molecule has 2 fully saturated rings. The van der Waals surface area contributed by atoms with E-state index in [4.69, 9.17) is 0 Å². The first kappa shape index (κ1) is 18.5. The molecule has 0 radical (unpaired) electrons. The fourth-order valence-corrected chi connectivity index (χ4v) is 4.78. The van der Waals surface area contributed by atoms with E-state index in [1.165, 1.54) is 16.7 Å². The number of hydrogen-bond donors (Lipinski definition) is 1. The predicted molar refractivity (Wildman–Crippen MR) is 117 cm³/mol. The Morgan fingerprint density at radius 1 is 1.14 bits per heavy atom. The molecule has 0 atom stereocenters. The lowest BCUT2D eigenvalue weighted by molar-refractivity contribution is -0.122. The van der Waals surface area contributed by atoms with Crippen molar-refractivity contribution in [2.75, 3.05) is 37.6 Å². The quantitative estimate of drug-likeness (QED) is 0.704. The molecule has 0 bridgehead atoms. The number of aryl methyl sites for hydroxylation is 1. The zero-order chi connectivity index (χ0) is 19.8. The minimum Gasteiger partial charge on any atom is -0.353 e. The van der Waals surface area contributed by atoms with Gasteiger partial charge in [-0.25, -0.2) is 9.97 Å². The monoisotopic (exact) mass is 407 g/mol. The van der Waals surface area contributed by atoms with Crippen LogP contribution >= 0.6 is 11.3 Å². The summed E-state index contributed by atoms with van der Waals surface area (Å²) in [4.78, 5) is 26.9. The molecule has 2 aromatic heterocycles. The maximum atomic E-state index is 12.1. The van der Waals surface area contributed by atoms with Gasteiger partial charge >= 0.3 is 0 Å². The van der Waals surface area contributed by atoms with Crippen molar-refractivity contribution in [1.29, 1.82) is 0 Å². The van der Waals surface area contributed by atoms with Crippen LogP contribution in [-0.4, -0.2) is 59.5 Å². The molecule has 1 aliphatic carbocycles. The summed E-state index contributed by atoms with van der Waals surface area (Å²) in [7, 11) is 0. The van der Waals surface area contributed by atoms with Crippen molar-refractivity contribution in [2.45, 2.75) is 25.8 Å². The second-order valence-corrected chi connectivity index (χ2v) is 8.86. The number of benzene rings is 1. The molecule has 1 aliphatic heterocycles. The third-order valence-corrected chi connectivity index (χ3v) is 6.58. The van der Waals surface area contributed by atoms with E-state index in [0.717, 1.165) is 55.1 Å². The highest BCUT2D eigenvalue weighted by Gasteiger charge is 2.26. The van der Waals surface area contributed by atoms with Crippen LogP contribution in [0.4, 0.5) is 5.82 Å². The molecular weight excluding hydrogens is 382 g/mol. The molecule has 3 heterocycles. The van der Waals surface area contributed by atoms with Gasteiger partial charge in [0.15, 0.2) is 0 Å². The highest BCUT2D eigenvalue weighted by molar-refractivity contribution is 7.17. The first-order valence-corrected chi connectivity index (χ1v) is 11.1. The first-order valence-electron chi connectivity index (χ1n) is 10.2. The predicted octanol–water partition coefficient (Wildman–Crippen LogP) is 3.07. The van der Waals surface area contributed by atoms with Gasteiger partial charge in [0.05, 0.1) is 11.9 Å². The lowest BCUT2D eigenvalue weighted by Gasteiger charge is -2.35. The Hall–Kier alpha value is -2.51. The number of carbonyl (C=O) groups is 1. The zero-order valence-electron chi connectivity index (χ0n) is 16.6. The fourth-order valence-electron chi connectivity index (χ4n) is 3.87. The minimum absolute atomic E-state index is 0.157. The standard InChI is InChI=1S/C22H25N5OS/c1-15-2-4-16(5-3-15)18-13-29-22-20(18)21(23-14-24-22)27-10-8-26(9-11-27)12-19(28)25-17-6-7-17/h2-5,13-14,17H,6-12H2,1H3,(H,25,28). The highest BCUT2D eigenvalue weighted by atomic mass is 32.1. The lowest BCUT2D eigenvalue weighted by atomic mass is 10.0. The molecule has 29 heavy (non-hydrogen) atoms. The summed E-state index contributed by atoms with van der Waals surface area (Å²) < 4.78 is 0. The first-order chi connectivity index (χ1) is 14.2. The number of fused-ring (bicyclic) bond motifs is 1. The molecule has 6 nitrogen and oxygen atoms in total. The SMILES string of the molecule is Cc1ccc(-c2csc3ncnc(N4CCN(CC(=O)NC5CC5)CC4)c23)cc1. The Kier molecular flexibility index (Phi) is 4.93. The summed E-state index contributed by atoms with van der Waals surface area (Å²) in [5, 5.41) is 6.41. The number of rotatable bonds is 5. The van der Waals surface area contributed by atoms with Crippen LogP contribution in [0.2, 0.25) is 0 Å². The van der Waals surface area contributed by atoms with Crippen molar-refractivity contribution >= 4 is 33.3 Å². The van der Waals surface area contributed by atoms with Gasteiger partial charge in [-0.15, -0.1) is 11.3 Å². The number of hydrogen-bond acceptors (Lipinski definition) is 6. The maximum absolute atomic E-state index is 12.1. The normalized spacial score (nSPS) is 17.6. The Balaban J connectivity index is 1.34. The number of amides is 1. The number of nitrogens with one attached hydrogen (secondary N) is 1. The Morgan fingerprint density at radius 2 is 1.90 bits per heavy atom. The number of nitrogens with zero attached hydrogens (tertiary/aromatic N) is 4. The van der Waals surface area contributed by atoms with Crippen LogP contribution in [0.25, 0.3) is 21.3 Å². The average Bonchev–Trinajstić information content (AvgIpc) is 3.44. The Bertz CT molecular complexity index is 1020. The number of piperazine rings is 1. The van der Waals surface area contributed by atoms with E-state index in [2.05, 4.69) is 61.7 Å². The molecule has 1 N–H and O–H groups in total. The lowest BCUT2D eigenvalue weighted by Crippen LogP contribution is -2.50. The molecule has 3 aromatic rings. The van der Waals surface area contributed by atoms with Gasteiger partial charge < -0.3 is 10.2 Å². The van der Waals surface area contributed by atoms with Crippen LogP contribution in [0.5, 0.6) is 0 Å². The van der Waals surface area contributed by atoms with E-state index in [1.807, 2.05) is 0 Å². The van der Waals surface area contributed by atoms with E-state index in [-0.39, 0.29) is 5.91 Å². The van der Waals surface area contributed by atoms with Gasteiger partial charge in [-0.2, -0.15) is 0 Å². The molecule has 150 valence electrons. The summed E-state index contributed by atoms with van der Waals surface area (Å²) in [6.07, 6.45) is 3.93. The number of thiophene rings is 1. The van der Waals surface area contributed by atoms with Gasteiger partial charge in [0.25, 0.3) is 0 Å². The minimum atomic E-state index is 0.157. The largest absolute Gasteiger partial charge is 0.353 e. The number of anilines is 1. The average molecular weight is 408 g/mol. The third kappa shape index (κ3) is 3.97. The molecule has 1 saturated heterocycles. The van der Waals surface area contributed by atoms with Crippen LogP contribution in [0.15, 0.2) is 36.0 Å². The summed E-state index contributed by atoms with van der Waals surface area (Å²) in [6.45, 7) is 6.07. The van der Waals surface area contributed by atoms with Gasteiger partial charge in [0, 0.05) is 43.2 Å². The molecule has 2 aliphatic rings. The molecule has 0 unspecified atom stereocenters. The third-order valence-electron chi connectivity index (χ3n) is 5.69. The van der Waals surface area contributed by atoms with Crippen molar-refractivity contribution < 1.29 is 4.79 Å². The van der Waals surface area contributed by atoms with Crippen LogP contribution in [0, 0.1) is 6.92 Å². The van der Waals surface area contributed by atoms with Crippen LogP contribution in [0.1, 0.15) is 18.4 Å². The summed E-state index contributed by atoms with van der Waals surface area (Å²) in [5.41, 5.74) is 3.66. The maximum Gasteiger partial charge on any atom is 0.234 e. The zero-order valence-corrected chi connectivity index (χ0v) is 17.4. The van der Waals surface area contributed by atoms with Gasteiger partial charge in [-0.05, 0) is 25.3 Å². The molecular formula is C22H25N5OS. The van der Waals surface area contributed by atoms with E-state index in [9.17, 15) is 4.79 Å². The van der Waals surface area contributed by atoms with Crippen molar-refractivity contribution in [2.24, 2.45) is 0 Å². The summed E-state index contributed by atoms with van der Waals surface area (Å²) in [6, 6.07) is 9.06. The van der Waals surface area contributed by atoms with Crippen molar-refractivity contribution in [1.82, 2.24) is 20.2 Å². The van der Waals surface area contributed by atoms with E-state index in [0.29, 0.717) is 12.6 Å². The molecule has 1 amide bonds. The second kappa shape index (κ2) is 7.72. The van der Waals surface area contributed by atoms with E-state index >= 15 is 0 Å². The Labute approximate surface area is 174 Å². The van der Waals surface area contributed by atoms with Gasteiger partial charge in [-0.1, -0.05) is 29.8 Å². The van der Waals surface area contributed by atoms with Crippen molar-refractivity contribution in [3.63, 3.8) is 0 Å². The molecule has 1 aromatic carbocycles. The van der Waals surface area contributed by atoms with E-state index in [1.54, 1.807) is 17.7 Å². The summed E-state index contributed by atoms with van der Waals surface area (Å²) >= 11 is 1.67. The fraction of sp³-hybridized carbons (Fsp3) is 0.409. The van der Waals surface area contributed by atoms with Crippen LogP contribution in [-0.2, 0) is 4.79 Å². The van der Waals surface area contributed by atoms with E-state index < -0.39 is 0 Å². The Morgan fingerprint density at radius 3 is 2.62 bits per heavy atom. The smallest absolute Gasteiger partial charge is 0.234 e. The number of carbonyl (C=O) groups excluding carboxylic acids is 1. The second-order valence-electron chi connectivity index (χ2n) is 8.00. The molecule has 5 rings (SSSR count). The molecule has 0 spiro atoms. The number of aromatic nitrogens is 2. The molecule has 7 heteroatoms. The topological polar surface area (TPSA) is 61.4 Å². The van der Waals surface area contributed by atoms with Crippen LogP contribution < -0.4 is 10.2 Å². The summed E-state index contributed by atoms with van der Waals surface area (Å²) in [5.74, 6) is 1.17. The van der Waals surface area contributed by atoms with Crippen LogP contribution in [0.3, 0.4) is 0 Å². The molecule has 1 saturated carbocycles. The highest BCUT2D eigenvalue weighted by Crippen LogP contribution is 2.38. The van der Waals surface area contributed by atoms with Crippen molar-refractivity contribution in [3.8, 4) is 11.1 Å². The van der Waals surface area contributed by atoms with Gasteiger partial charge in [0.2, 0.25) is 5.91 Å².